The van der Waals surface area contributed by atoms with Gasteiger partial charge in [0.2, 0.25) is 5.95 Å². The van der Waals surface area contributed by atoms with E-state index in [0.717, 1.165) is 73.2 Å². The van der Waals surface area contributed by atoms with E-state index < -0.39 is 11.4 Å². The van der Waals surface area contributed by atoms with Gasteiger partial charge in [-0.05, 0) is 76.0 Å². The summed E-state index contributed by atoms with van der Waals surface area (Å²) in [5.41, 5.74) is 2.36. The molecule has 1 aromatic heterocycles. The molecule has 0 amide bonds. The zero-order chi connectivity index (χ0) is 25.8. The number of carboxylic acids is 1. The third-order valence-corrected chi connectivity index (χ3v) is 9.28. The van der Waals surface area contributed by atoms with E-state index in [0.29, 0.717) is 28.7 Å². The molecule has 1 saturated carbocycles. The minimum atomic E-state index is -0.661. The molecular formula is C27H35Cl2N5O2. The van der Waals surface area contributed by atoms with Crippen molar-refractivity contribution in [3.05, 3.63) is 45.1 Å². The fourth-order valence-electron chi connectivity index (χ4n) is 5.96. The lowest BCUT2D eigenvalue weighted by Gasteiger charge is -2.54. The second-order valence-electron chi connectivity index (χ2n) is 11.3. The predicted molar refractivity (Wildman–Crippen MR) is 144 cm³/mol. The zero-order valence-corrected chi connectivity index (χ0v) is 22.9. The molecule has 0 radical (unpaired) electrons. The molecule has 2 atom stereocenters. The number of hydrogen-bond donors (Lipinski definition) is 2. The number of aliphatic carboxylic acids is 1. The molecule has 7 nitrogen and oxygen atoms in total. The molecule has 3 heterocycles. The van der Waals surface area contributed by atoms with E-state index in [9.17, 15) is 9.90 Å². The van der Waals surface area contributed by atoms with Crippen LogP contribution in [0.4, 0.5) is 11.8 Å². The van der Waals surface area contributed by atoms with Crippen LogP contribution >= 0.6 is 23.2 Å². The Balaban J connectivity index is 1.20. The zero-order valence-electron chi connectivity index (χ0n) is 21.4. The van der Waals surface area contributed by atoms with Crippen molar-refractivity contribution in [3.63, 3.8) is 0 Å². The summed E-state index contributed by atoms with van der Waals surface area (Å²) >= 11 is 13.1. The van der Waals surface area contributed by atoms with E-state index in [1.165, 1.54) is 0 Å². The summed E-state index contributed by atoms with van der Waals surface area (Å²) in [4.78, 5) is 25.7. The van der Waals surface area contributed by atoms with Crippen molar-refractivity contribution in [1.82, 2.24) is 14.9 Å². The number of anilines is 2. The molecule has 2 aromatic rings. The second-order valence-corrected chi connectivity index (χ2v) is 12.1. The third-order valence-electron chi connectivity index (χ3n) is 8.50. The van der Waals surface area contributed by atoms with Crippen molar-refractivity contribution >= 4 is 40.9 Å². The van der Waals surface area contributed by atoms with Gasteiger partial charge in [-0.25, -0.2) is 4.98 Å². The number of likely N-dealkylation sites (tertiary alicyclic amines) is 1. The molecule has 36 heavy (non-hydrogen) atoms. The number of carbonyl (C=O) groups is 1. The largest absolute Gasteiger partial charge is 0.481 e. The van der Waals surface area contributed by atoms with Gasteiger partial charge in [0.15, 0.2) is 5.82 Å². The van der Waals surface area contributed by atoms with E-state index in [4.69, 9.17) is 33.2 Å². The number of nitrogens with one attached hydrogen (secondary N) is 1. The molecule has 1 unspecified atom stereocenters. The van der Waals surface area contributed by atoms with Gasteiger partial charge in [0.25, 0.3) is 0 Å². The van der Waals surface area contributed by atoms with Gasteiger partial charge < -0.3 is 15.3 Å². The molecule has 194 valence electrons. The first kappa shape index (κ1) is 25.6. The predicted octanol–water partition coefficient (Wildman–Crippen LogP) is 5.58. The molecule has 2 saturated heterocycles. The third kappa shape index (κ3) is 4.77. The van der Waals surface area contributed by atoms with Crippen LogP contribution in [0.15, 0.2) is 18.2 Å². The molecule has 5 rings (SSSR count). The van der Waals surface area contributed by atoms with Crippen molar-refractivity contribution < 1.29 is 9.90 Å². The van der Waals surface area contributed by atoms with Crippen molar-refractivity contribution in [1.29, 1.82) is 0 Å². The van der Waals surface area contributed by atoms with Crippen LogP contribution in [0.1, 0.15) is 56.0 Å². The monoisotopic (exact) mass is 531 g/mol. The quantitative estimate of drug-likeness (QED) is 0.482. The fourth-order valence-corrected chi connectivity index (χ4v) is 6.50. The van der Waals surface area contributed by atoms with Gasteiger partial charge in [0.1, 0.15) is 5.02 Å². The Morgan fingerprint density at radius 1 is 1.17 bits per heavy atom. The molecule has 3 aliphatic rings. The maximum absolute atomic E-state index is 11.4. The Morgan fingerprint density at radius 3 is 2.56 bits per heavy atom. The van der Waals surface area contributed by atoms with E-state index in [2.05, 4.69) is 28.1 Å². The number of hydrogen-bond acceptors (Lipinski definition) is 6. The average Bonchev–Trinajstić information content (AvgIpc) is 3.23. The summed E-state index contributed by atoms with van der Waals surface area (Å²) in [6, 6.07) is 6.44. The minimum absolute atomic E-state index is 0.0560. The molecular weight excluding hydrogens is 497 g/mol. The van der Waals surface area contributed by atoms with Crippen LogP contribution < -0.4 is 10.2 Å². The normalized spacial score (nSPS) is 27.4. The summed E-state index contributed by atoms with van der Waals surface area (Å²) in [6.07, 6.45) is 2.66. The smallest absolute Gasteiger partial charge is 0.309 e. The number of rotatable bonds is 7. The molecule has 0 bridgehead atoms. The van der Waals surface area contributed by atoms with Crippen LogP contribution in [0.3, 0.4) is 0 Å². The van der Waals surface area contributed by atoms with Gasteiger partial charge in [-0.1, -0.05) is 35.3 Å². The minimum Gasteiger partial charge on any atom is -0.481 e. The van der Waals surface area contributed by atoms with Crippen molar-refractivity contribution in [2.75, 3.05) is 36.4 Å². The number of nitrogens with zero attached hydrogens (tertiary/aromatic N) is 4. The van der Waals surface area contributed by atoms with Crippen LogP contribution in [0.25, 0.3) is 0 Å². The first-order valence-electron chi connectivity index (χ1n) is 12.8. The summed E-state index contributed by atoms with van der Waals surface area (Å²) in [6.45, 7) is 11.9. The highest BCUT2D eigenvalue weighted by Crippen LogP contribution is 2.46. The highest BCUT2D eigenvalue weighted by Gasteiger charge is 2.51. The van der Waals surface area contributed by atoms with Gasteiger partial charge >= 0.3 is 5.97 Å². The Bertz CT molecular complexity index is 1160. The molecule has 3 fully saturated rings. The van der Waals surface area contributed by atoms with Gasteiger partial charge in [-0.2, -0.15) is 4.98 Å². The fraction of sp³-hybridized carbons (Fsp3) is 0.593. The van der Waals surface area contributed by atoms with E-state index in [1.54, 1.807) is 0 Å². The Morgan fingerprint density at radius 2 is 1.89 bits per heavy atom. The number of aromatic nitrogens is 2. The topological polar surface area (TPSA) is 81.6 Å². The Kier molecular flexibility index (Phi) is 6.85. The molecule has 1 aliphatic carbocycles. The lowest BCUT2D eigenvalue weighted by Crippen LogP contribution is -2.61. The SMILES string of the molecule is Cc1ccc([C@@H](C)Nc2nc(N3CCC(C4CN(C5CC(C)(C(=O)O)C5)C4)C3)nc(C)c2Cl)c(Cl)c1. The van der Waals surface area contributed by atoms with Gasteiger partial charge in [0.05, 0.1) is 17.2 Å². The molecule has 9 heteroatoms. The lowest BCUT2D eigenvalue weighted by molar-refractivity contribution is -0.160. The van der Waals surface area contributed by atoms with Crippen molar-refractivity contribution in [2.24, 2.45) is 17.3 Å². The second kappa shape index (κ2) is 9.66. The van der Waals surface area contributed by atoms with Crippen molar-refractivity contribution in [3.8, 4) is 0 Å². The summed E-state index contributed by atoms with van der Waals surface area (Å²) < 4.78 is 0. The van der Waals surface area contributed by atoms with Gasteiger partial charge in [0, 0.05) is 37.2 Å². The van der Waals surface area contributed by atoms with E-state index >= 15 is 0 Å². The number of carboxylic acid groups (broad SMARTS) is 1. The number of halogens is 2. The van der Waals surface area contributed by atoms with E-state index in [-0.39, 0.29) is 6.04 Å². The van der Waals surface area contributed by atoms with Gasteiger partial charge in [-0.3, -0.25) is 9.69 Å². The van der Waals surface area contributed by atoms with Crippen molar-refractivity contribution in [2.45, 2.75) is 59.0 Å². The van der Waals surface area contributed by atoms with Crippen LogP contribution in [0.2, 0.25) is 10.0 Å². The maximum atomic E-state index is 11.4. The van der Waals surface area contributed by atoms with Crippen LogP contribution in [0.5, 0.6) is 0 Å². The number of benzene rings is 1. The highest BCUT2D eigenvalue weighted by molar-refractivity contribution is 6.33. The van der Waals surface area contributed by atoms with Gasteiger partial charge in [-0.15, -0.1) is 0 Å². The Labute approximate surface area is 223 Å². The maximum Gasteiger partial charge on any atom is 0.309 e. The summed E-state index contributed by atoms with van der Waals surface area (Å²) in [5.74, 6) is 1.95. The molecule has 2 N–H and O–H groups in total. The summed E-state index contributed by atoms with van der Waals surface area (Å²) in [7, 11) is 0. The van der Waals surface area contributed by atoms with E-state index in [1.807, 2.05) is 32.9 Å². The Hall–Kier alpha value is -2.09. The van der Waals surface area contributed by atoms with Crippen LogP contribution in [-0.2, 0) is 4.79 Å². The first-order valence-corrected chi connectivity index (χ1v) is 13.6. The molecule has 0 spiro atoms. The highest BCUT2D eigenvalue weighted by atomic mass is 35.5. The summed E-state index contributed by atoms with van der Waals surface area (Å²) in [5, 5.41) is 14.1. The average molecular weight is 533 g/mol. The first-order chi connectivity index (χ1) is 17.0. The number of aryl methyl sites for hydroxylation is 2. The standard InChI is InChI=1S/C27H35Cl2N5O2/c1-15-5-6-21(22(28)9-15)16(2)30-24-23(29)17(3)31-26(32-24)33-8-7-18(12-33)19-13-34(14-19)20-10-27(4,11-20)25(35)36/h5-6,9,16,18-20H,7-8,10-14H2,1-4H3,(H,35,36)(H,30,31,32)/t16-,18?,20?,27?/m1/s1. The van der Waals surface area contributed by atoms with Crippen LogP contribution in [0, 0.1) is 31.1 Å². The molecule has 2 aliphatic heterocycles. The molecule has 1 aromatic carbocycles. The lowest BCUT2D eigenvalue weighted by atomic mass is 9.65. The van der Waals surface area contributed by atoms with Crippen LogP contribution in [-0.4, -0.2) is 58.2 Å².